The molecule has 1 N–H and O–H groups in total. The van der Waals surface area contributed by atoms with Crippen LogP contribution in [-0.4, -0.2) is 24.7 Å². The van der Waals surface area contributed by atoms with Crippen LogP contribution >= 0.6 is 0 Å². The maximum Gasteiger partial charge on any atom is 0.326 e. The molecular weight excluding hydrogens is 166 g/mol. The van der Waals surface area contributed by atoms with Gasteiger partial charge in [0, 0.05) is 0 Å². The molecule has 13 heavy (non-hydrogen) atoms. The van der Waals surface area contributed by atoms with Crippen LogP contribution in [0.4, 0.5) is 0 Å². The Morgan fingerprint density at radius 1 is 1.54 bits per heavy atom. The molecule has 0 amide bonds. The molecular formula is C10H19NO2. The van der Waals surface area contributed by atoms with Gasteiger partial charge in [-0.15, -0.1) is 0 Å². The minimum absolute atomic E-state index is 0.0608. The zero-order chi connectivity index (χ0) is 9.73. The molecule has 3 nitrogen and oxygen atoms in total. The Kier molecular flexibility index (Phi) is 3.72. The van der Waals surface area contributed by atoms with Crippen LogP contribution in [0.3, 0.4) is 0 Å². The first-order chi connectivity index (χ1) is 6.25. The quantitative estimate of drug-likeness (QED) is 0.674. The predicted molar refractivity (Wildman–Crippen MR) is 51.5 cm³/mol. The van der Waals surface area contributed by atoms with E-state index in [0.717, 1.165) is 32.2 Å². The summed E-state index contributed by atoms with van der Waals surface area (Å²) >= 11 is 0. The first kappa shape index (κ1) is 10.5. The van der Waals surface area contributed by atoms with Crippen LogP contribution in [0, 0.1) is 0 Å². The second kappa shape index (κ2) is 4.61. The van der Waals surface area contributed by atoms with Crippen molar-refractivity contribution in [3.63, 3.8) is 0 Å². The molecule has 0 spiro atoms. The van der Waals surface area contributed by atoms with E-state index < -0.39 is 0 Å². The number of nitrogens with one attached hydrogen (secondary N) is 1. The summed E-state index contributed by atoms with van der Waals surface area (Å²) in [5.74, 6) is -0.0608. The second-order valence-electron chi connectivity index (χ2n) is 3.58. The predicted octanol–water partition coefficient (Wildman–Crippen LogP) is 1.47. The van der Waals surface area contributed by atoms with Gasteiger partial charge in [0.1, 0.15) is 5.54 Å². The molecule has 1 rings (SSSR count). The Labute approximate surface area is 79.8 Å². The van der Waals surface area contributed by atoms with E-state index in [0.29, 0.717) is 6.61 Å². The largest absolute Gasteiger partial charge is 0.465 e. The van der Waals surface area contributed by atoms with E-state index in [2.05, 4.69) is 12.2 Å². The van der Waals surface area contributed by atoms with Gasteiger partial charge >= 0.3 is 5.97 Å². The Bertz CT molecular complexity index is 174. The number of hydrogen-bond acceptors (Lipinski definition) is 3. The molecule has 1 atom stereocenters. The molecule has 0 aromatic heterocycles. The van der Waals surface area contributed by atoms with Crippen LogP contribution in [-0.2, 0) is 9.53 Å². The highest BCUT2D eigenvalue weighted by Gasteiger charge is 2.41. The van der Waals surface area contributed by atoms with Gasteiger partial charge in [0.15, 0.2) is 0 Å². The molecule has 0 aliphatic carbocycles. The number of carbonyl (C=O) groups excluding carboxylic acids is 1. The molecule has 0 saturated carbocycles. The lowest BCUT2D eigenvalue weighted by molar-refractivity contribution is -0.150. The summed E-state index contributed by atoms with van der Waals surface area (Å²) in [6.45, 7) is 5.37. The molecule has 1 fully saturated rings. The maximum atomic E-state index is 11.7. The highest BCUT2D eigenvalue weighted by atomic mass is 16.5. The molecule has 1 aliphatic heterocycles. The van der Waals surface area contributed by atoms with Gasteiger partial charge < -0.3 is 10.1 Å². The lowest BCUT2D eigenvalue weighted by atomic mass is 9.92. The molecule has 1 heterocycles. The van der Waals surface area contributed by atoms with E-state index in [1.54, 1.807) is 0 Å². The fourth-order valence-corrected chi connectivity index (χ4v) is 1.99. The zero-order valence-electron chi connectivity index (χ0n) is 8.56. The maximum absolute atomic E-state index is 11.7. The number of esters is 1. The third-order valence-electron chi connectivity index (χ3n) is 2.59. The first-order valence-electron chi connectivity index (χ1n) is 5.17. The summed E-state index contributed by atoms with van der Waals surface area (Å²) in [6, 6.07) is 0. The van der Waals surface area contributed by atoms with Crippen molar-refractivity contribution < 1.29 is 9.53 Å². The SMILES string of the molecule is CCC[C@@]1(C(=O)OCC)CCCN1. The molecule has 0 bridgehead atoms. The number of hydrogen-bond donors (Lipinski definition) is 1. The van der Waals surface area contributed by atoms with Crippen molar-refractivity contribution in [1.82, 2.24) is 5.32 Å². The fraction of sp³-hybridized carbons (Fsp3) is 0.900. The van der Waals surface area contributed by atoms with Crippen LogP contribution in [0.2, 0.25) is 0 Å². The molecule has 1 aliphatic rings. The van der Waals surface area contributed by atoms with Crippen LogP contribution in [0.25, 0.3) is 0 Å². The fourth-order valence-electron chi connectivity index (χ4n) is 1.99. The van der Waals surface area contributed by atoms with Gasteiger partial charge in [-0.1, -0.05) is 13.3 Å². The normalized spacial score (nSPS) is 27.5. The summed E-state index contributed by atoms with van der Waals surface area (Å²) in [4.78, 5) is 11.7. The van der Waals surface area contributed by atoms with Crippen LogP contribution < -0.4 is 5.32 Å². The second-order valence-corrected chi connectivity index (χ2v) is 3.58. The van der Waals surface area contributed by atoms with E-state index in [9.17, 15) is 4.79 Å². The monoisotopic (exact) mass is 185 g/mol. The number of ether oxygens (including phenoxy) is 1. The lowest BCUT2D eigenvalue weighted by Gasteiger charge is -2.26. The molecule has 0 aromatic carbocycles. The van der Waals surface area contributed by atoms with Gasteiger partial charge in [-0.25, -0.2) is 0 Å². The summed E-state index contributed by atoms with van der Waals surface area (Å²) in [5, 5.41) is 3.28. The number of carbonyl (C=O) groups is 1. The van der Waals surface area contributed by atoms with Crippen molar-refractivity contribution in [2.45, 2.75) is 45.1 Å². The zero-order valence-corrected chi connectivity index (χ0v) is 8.56. The Morgan fingerprint density at radius 2 is 2.31 bits per heavy atom. The molecule has 3 heteroatoms. The Hall–Kier alpha value is -0.570. The smallest absolute Gasteiger partial charge is 0.326 e. The van der Waals surface area contributed by atoms with Crippen molar-refractivity contribution in [2.75, 3.05) is 13.2 Å². The highest BCUT2D eigenvalue weighted by Crippen LogP contribution is 2.25. The Balaban J connectivity index is 2.60. The lowest BCUT2D eigenvalue weighted by Crippen LogP contribution is -2.48. The average molecular weight is 185 g/mol. The summed E-state index contributed by atoms with van der Waals surface area (Å²) in [7, 11) is 0. The van der Waals surface area contributed by atoms with Crippen LogP contribution in [0.5, 0.6) is 0 Å². The summed E-state index contributed by atoms with van der Waals surface area (Å²) in [5.41, 5.74) is -0.356. The topological polar surface area (TPSA) is 38.3 Å². The van der Waals surface area contributed by atoms with Crippen molar-refractivity contribution in [2.24, 2.45) is 0 Å². The summed E-state index contributed by atoms with van der Waals surface area (Å²) in [6.07, 6.45) is 3.93. The molecule has 0 aromatic rings. The molecule has 0 unspecified atom stereocenters. The van der Waals surface area contributed by atoms with Gasteiger partial charge in [0.05, 0.1) is 6.61 Å². The summed E-state index contributed by atoms with van der Waals surface area (Å²) < 4.78 is 5.08. The third kappa shape index (κ3) is 2.21. The van der Waals surface area contributed by atoms with Crippen LogP contribution in [0.15, 0.2) is 0 Å². The Morgan fingerprint density at radius 3 is 2.77 bits per heavy atom. The van der Waals surface area contributed by atoms with E-state index in [1.807, 2.05) is 6.92 Å². The van der Waals surface area contributed by atoms with E-state index in [4.69, 9.17) is 4.74 Å². The van der Waals surface area contributed by atoms with Crippen LogP contribution in [0.1, 0.15) is 39.5 Å². The molecule has 76 valence electrons. The van der Waals surface area contributed by atoms with E-state index in [1.165, 1.54) is 0 Å². The van der Waals surface area contributed by atoms with Crippen molar-refractivity contribution in [3.05, 3.63) is 0 Å². The standard InChI is InChI=1S/C10H19NO2/c1-3-6-10(7-5-8-11-10)9(12)13-4-2/h11H,3-8H2,1-2H3/t10-/m0/s1. The minimum atomic E-state index is -0.356. The van der Waals surface area contributed by atoms with Gasteiger partial charge in [0.2, 0.25) is 0 Å². The minimum Gasteiger partial charge on any atom is -0.465 e. The van der Waals surface area contributed by atoms with Gasteiger partial charge in [0.25, 0.3) is 0 Å². The van der Waals surface area contributed by atoms with E-state index in [-0.39, 0.29) is 11.5 Å². The third-order valence-corrected chi connectivity index (χ3v) is 2.59. The van der Waals surface area contributed by atoms with Gasteiger partial charge in [-0.3, -0.25) is 4.79 Å². The van der Waals surface area contributed by atoms with E-state index >= 15 is 0 Å². The van der Waals surface area contributed by atoms with Gasteiger partial charge in [-0.2, -0.15) is 0 Å². The first-order valence-corrected chi connectivity index (χ1v) is 5.17. The van der Waals surface area contributed by atoms with Crippen molar-refractivity contribution in [3.8, 4) is 0 Å². The molecule has 0 radical (unpaired) electrons. The average Bonchev–Trinajstić information content (AvgIpc) is 2.55. The molecule has 1 saturated heterocycles. The number of rotatable bonds is 4. The van der Waals surface area contributed by atoms with Gasteiger partial charge in [-0.05, 0) is 32.7 Å². The van der Waals surface area contributed by atoms with Crippen molar-refractivity contribution in [1.29, 1.82) is 0 Å². The highest BCUT2D eigenvalue weighted by molar-refractivity contribution is 5.81. The van der Waals surface area contributed by atoms with Crippen molar-refractivity contribution >= 4 is 5.97 Å².